The Kier molecular flexibility index (Phi) is 5.04. The van der Waals surface area contributed by atoms with Crippen molar-refractivity contribution in [1.29, 1.82) is 0 Å². The lowest BCUT2D eigenvalue weighted by Gasteiger charge is -2.11. The van der Waals surface area contributed by atoms with Crippen molar-refractivity contribution in [1.82, 2.24) is 15.3 Å². The van der Waals surface area contributed by atoms with Gasteiger partial charge in [0.1, 0.15) is 5.82 Å². The molecule has 0 atom stereocenters. The standard InChI is InChI=1S/C19H15ClN4O2S/c20-12-5-6-13-14(11-12)23-18(16-4-2-10-27-16)24-17(13)21-7-8-22-19(25)15-3-1-9-26-15/h1-6,9-11H,7-8H2,(H,22,25)(H,21,23,24). The molecule has 3 heterocycles. The number of thiophene rings is 1. The molecular formula is C19H15ClN4O2S. The summed E-state index contributed by atoms with van der Waals surface area (Å²) in [5, 5.41) is 9.55. The molecule has 3 aromatic heterocycles. The molecule has 4 rings (SSSR count). The zero-order valence-electron chi connectivity index (χ0n) is 14.1. The third-order valence-corrected chi connectivity index (χ3v) is 4.95. The molecule has 0 fully saturated rings. The van der Waals surface area contributed by atoms with E-state index in [-0.39, 0.29) is 11.7 Å². The van der Waals surface area contributed by atoms with Crippen LogP contribution in [0.3, 0.4) is 0 Å². The topological polar surface area (TPSA) is 80.0 Å². The summed E-state index contributed by atoms with van der Waals surface area (Å²) in [6.07, 6.45) is 1.47. The van der Waals surface area contributed by atoms with E-state index in [1.165, 1.54) is 6.26 Å². The highest BCUT2D eigenvalue weighted by Crippen LogP contribution is 2.28. The number of nitrogens with zero attached hydrogens (tertiary/aromatic N) is 2. The molecule has 1 amide bonds. The fourth-order valence-electron chi connectivity index (χ4n) is 2.61. The average Bonchev–Trinajstić information content (AvgIpc) is 3.38. The first kappa shape index (κ1) is 17.5. The Morgan fingerprint density at radius 3 is 2.85 bits per heavy atom. The Balaban J connectivity index is 1.52. The number of aromatic nitrogens is 2. The number of anilines is 1. The van der Waals surface area contributed by atoms with Crippen molar-refractivity contribution in [2.75, 3.05) is 18.4 Å². The van der Waals surface area contributed by atoms with Crippen LogP contribution in [0.25, 0.3) is 21.6 Å². The van der Waals surface area contributed by atoms with Crippen LogP contribution in [0, 0.1) is 0 Å². The summed E-state index contributed by atoms with van der Waals surface area (Å²) in [6.45, 7) is 0.929. The molecule has 0 radical (unpaired) electrons. The predicted molar refractivity (Wildman–Crippen MR) is 107 cm³/mol. The minimum absolute atomic E-state index is 0.250. The minimum Gasteiger partial charge on any atom is -0.459 e. The van der Waals surface area contributed by atoms with Gasteiger partial charge in [0.05, 0.1) is 16.7 Å². The van der Waals surface area contributed by atoms with Gasteiger partial charge >= 0.3 is 0 Å². The number of rotatable bonds is 6. The number of furan rings is 1. The summed E-state index contributed by atoms with van der Waals surface area (Å²) >= 11 is 7.70. The van der Waals surface area contributed by atoms with E-state index in [2.05, 4.69) is 20.6 Å². The summed E-state index contributed by atoms with van der Waals surface area (Å²) in [5.74, 6) is 1.38. The van der Waals surface area contributed by atoms with Gasteiger partial charge in [-0.05, 0) is 41.8 Å². The predicted octanol–water partition coefficient (Wildman–Crippen LogP) is 4.45. The maximum atomic E-state index is 11.9. The fourth-order valence-corrected chi connectivity index (χ4v) is 3.43. The van der Waals surface area contributed by atoms with Gasteiger partial charge in [-0.15, -0.1) is 11.3 Å². The minimum atomic E-state index is -0.250. The lowest BCUT2D eigenvalue weighted by molar-refractivity contribution is 0.0927. The first-order valence-electron chi connectivity index (χ1n) is 8.27. The van der Waals surface area contributed by atoms with Crippen LogP contribution in [0.2, 0.25) is 5.02 Å². The van der Waals surface area contributed by atoms with E-state index in [0.717, 1.165) is 15.8 Å². The largest absolute Gasteiger partial charge is 0.459 e. The lowest BCUT2D eigenvalue weighted by Crippen LogP contribution is -2.28. The lowest BCUT2D eigenvalue weighted by atomic mass is 10.2. The highest BCUT2D eigenvalue weighted by Gasteiger charge is 2.11. The average molecular weight is 399 g/mol. The van der Waals surface area contributed by atoms with Crippen LogP contribution in [-0.4, -0.2) is 29.0 Å². The van der Waals surface area contributed by atoms with Gasteiger partial charge in [0.25, 0.3) is 5.91 Å². The number of benzene rings is 1. The third-order valence-electron chi connectivity index (χ3n) is 3.85. The SMILES string of the molecule is O=C(NCCNc1nc(-c2cccs2)nc2cc(Cl)ccc12)c1ccco1. The van der Waals surface area contributed by atoms with E-state index in [4.69, 9.17) is 16.0 Å². The summed E-state index contributed by atoms with van der Waals surface area (Å²) in [6, 6.07) is 12.8. The van der Waals surface area contributed by atoms with E-state index >= 15 is 0 Å². The zero-order valence-corrected chi connectivity index (χ0v) is 15.7. The Hall–Kier alpha value is -2.90. The van der Waals surface area contributed by atoms with E-state index in [1.807, 2.05) is 35.7 Å². The Morgan fingerprint density at radius 2 is 2.07 bits per heavy atom. The van der Waals surface area contributed by atoms with E-state index in [1.54, 1.807) is 23.5 Å². The summed E-state index contributed by atoms with van der Waals surface area (Å²) in [5.41, 5.74) is 0.767. The second-order valence-electron chi connectivity index (χ2n) is 5.69. The summed E-state index contributed by atoms with van der Waals surface area (Å²) in [4.78, 5) is 22.2. The molecule has 0 saturated heterocycles. The molecule has 27 heavy (non-hydrogen) atoms. The van der Waals surface area contributed by atoms with E-state index < -0.39 is 0 Å². The number of fused-ring (bicyclic) bond motifs is 1. The van der Waals surface area contributed by atoms with E-state index in [9.17, 15) is 4.79 Å². The van der Waals surface area contributed by atoms with Crippen LogP contribution < -0.4 is 10.6 Å². The van der Waals surface area contributed by atoms with Crippen LogP contribution in [-0.2, 0) is 0 Å². The van der Waals surface area contributed by atoms with Gasteiger partial charge in [-0.25, -0.2) is 9.97 Å². The summed E-state index contributed by atoms with van der Waals surface area (Å²) < 4.78 is 5.07. The Morgan fingerprint density at radius 1 is 1.15 bits per heavy atom. The molecule has 6 nitrogen and oxygen atoms in total. The molecule has 0 saturated carbocycles. The van der Waals surface area contributed by atoms with Crippen LogP contribution in [0.5, 0.6) is 0 Å². The Labute approximate surface area is 164 Å². The number of carbonyl (C=O) groups excluding carboxylic acids is 1. The molecule has 0 spiro atoms. The quantitative estimate of drug-likeness (QED) is 0.469. The van der Waals surface area contributed by atoms with Gasteiger partial charge in [0.15, 0.2) is 11.6 Å². The van der Waals surface area contributed by atoms with Crippen LogP contribution in [0.1, 0.15) is 10.6 Å². The van der Waals surface area contributed by atoms with Crippen molar-refractivity contribution in [2.24, 2.45) is 0 Å². The van der Waals surface area contributed by atoms with Crippen molar-refractivity contribution in [3.63, 3.8) is 0 Å². The number of hydrogen-bond acceptors (Lipinski definition) is 6. The number of amides is 1. The van der Waals surface area contributed by atoms with Crippen molar-refractivity contribution in [3.05, 3.63) is 64.9 Å². The monoisotopic (exact) mass is 398 g/mol. The van der Waals surface area contributed by atoms with Gasteiger partial charge in [-0.2, -0.15) is 0 Å². The third kappa shape index (κ3) is 3.94. The van der Waals surface area contributed by atoms with Gasteiger partial charge in [0, 0.05) is 23.5 Å². The van der Waals surface area contributed by atoms with Crippen LogP contribution in [0.4, 0.5) is 5.82 Å². The van der Waals surface area contributed by atoms with Gasteiger partial charge < -0.3 is 15.1 Å². The molecule has 8 heteroatoms. The number of halogens is 1. The molecule has 0 aliphatic carbocycles. The molecule has 0 bridgehead atoms. The zero-order chi connectivity index (χ0) is 18.6. The highest BCUT2D eigenvalue weighted by atomic mass is 35.5. The second-order valence-corrected chi connectivity index (χ2v) is 7.08. The number of carbonyl (C=O) groups is 1. The molecule has 4 aromatic rings. The maximum Gasteiger partial charge on any atom is 0.287 e. The van der Waals surface area contributed by atoms with E-state index in [0.29, 0.717) is 29.8 Å². The van der Waals surface area contributed by atoms with Crippen LogP contribution in [0.15, 0.2) is 58.5 Å². The highest BCUT2D eigenvalue weighted by molar-refractivity contribution is 7.13. The van der Waals surface area contributed by atoms with Crippen molar-refractivity contribution in [3.8, 4) is 10.7 Å². The van der Waals surface area contributed by atoms with Gasteiger partial charge in [0.2, 0.25) is 0 Å². The first-order chi connectivity index (χ1) is 13.2. The summed E-state index contributed by atoms with van der Waals surface area (Å²) in [7, 11) is 0. The fraction of sp³-hybridized carbons (Fsp3) is 0.105. The maximum absolute atomic E-state index is 11.9. The Bertz CT molecular complexity index is 1060. The number of nitrogens with one attached hydrogen (secondary N) is 2. The van der Waals surface area contributed by atoms with Crippen molar-refractivity contribution >= 4 is 45.6 Å². The molecule has 0 unspecified atom stereocenters. The first-order valence-corrected chi connectivity index (χ1v) is 9.53. The van der Waals surface area contributed by atoms with Crippen molar-refractivity contribution in [2.45, 2.75) is 0 Å². The molecular weight excluding hydrogens is 384 g/mol. The van der Waals surface area contributed by atoms with Gasteiger partial charge in [-0.1, -0.05) is 17.7 Å². The van der Waals surface area contributed by atoms with Crippen molar-refractivity contribution < 1.29 is 9.21 Å². The second kappa shape index (κ2) is 7.77. The molecule has 2 N–H and O–H groups in total. The smallest absolute Gasteiger partial charge is 0.287 e. The normalized spacial score (nSPS) is 10.9. The molecule has 136 valence electrons. The molecule has 0 aliphatic heterocycles. The number of hydrogen-bond donors (Lipinski definition) is 2. The molecule has 0 aliphatic rings. The van der Waals surface area contributed by atoms with Crippen LogP contribution >= 0.6 is 22.9 Å². The van der Waals surface area contributed by atoms with Gasteiger partial charge in [-0.3, -0.25) is 4.79 Å². The molecule has 1 aromatic carbocycles.